The smallest absolute Gasteiger partial charge is 0.262 e. The van der Waals surface area contributed by atoms with Crippen LogP contribution in [0.15, 0.2) is 47.4 Å². The van der Waals surface area contributed by atoms with E-state index in [1.807, 2.05) is 30.3 Å². The normalized spacial score (nSPS) is 18.3. The van der Waals surface area contributed by atoms with Crippen LogP contribution in [0.3, 0.4) is 0 Å². The Labute approximate surface area is 156 Å². The van der Waals surface area contributed by atoms with Gasteiger partial charge in [0.2, 0.25) is 10.0 Å². The van der Waals surface area contributed by atoms with Crippen LogP contribution in [-0.4, -0.2) is 20.9 Å². The molecule has 2 aliphatic rings. The molecule has 1 aliphatic heterocycles. The van der Waals surface area contributed by atoms with Crippen LogP contribution >= 0.6 is 11.6 Å². The minimum absolute atomic E-state index is 0.0320. The quantitative estimate of drug-likeness (QED) is 0.837. The van der Waals surface area contributed by atoms with E-state index >= 15 is 0 Å². The number of amides is 1. The van der Waals surface area contributed by atoms with E-state index in [2.05, 4.69) is 10.0 Å². The number of hydrogen-bond acceptors (Lipinski definition) is 4. The second-order valence-electron chi connectivity index (χ2n) is 6.52. The van der Waals surface area contributed by atoms with Crippen LogP contribution in [0.5, 0.6) is 5.75 Å². The van der Waals surface area contributed by atoms with Crippen molar-refractivity contribution in [2.24, 2.45) is 0 Å². The third-order valence-corrected chi connectivity index (χ3v) is 6.82. The molecule has 1 saturated carbocycles. The van der Waals surface area contributed by atoms with Crippen LogP contribution in [0.2, 0.25) is 5.02 Å². The Morgan fingerprint density at radius 3 is 2.54 bits per heavy atom. The lowest BCUT2D eigenvalue weighted by atomic mass is 9.73. The molecule has 2 aromatic carbocycles. The van der Waals surface area contributed by atoms with Crippen LogP contribution in [0, 0.1) is 0 Å². The predicted molar refractivity (Wildman–Crippen MR) is 97.9 cm³/mol. The number of hydrogen-bond donors (Lipinski definition) is 2. The van der Waals surface area contributed by atoms with Crippen molar-refractivity contribution < 1.29 is 17.9 Å². The average Bonchev–Trinajstić information content (AvgIpc) is 2.58. The average molecular weight is 393 g/mol. The first-order valence-corrected chi connectivity index (χ1v) is 10.1. The largest absolute Gasteiger partial charge is 0.482 e. The Balaban J connectivity index is 1.70. The van der Waals surface area contributed by atoms with Crippen molar-refractivity contribution in [3.05, 3.63) is 53.1 Å². The van der Waals surface area contributed by atoms with Gasteiger partial charge in [-0.3, -0.25) is 4.79 Å². The lowest BCUT2D eigenvalue weighted by Gasteiger charge is -2.42. The van der Waals surface area contributed by atoms with Gasteiger partial charge >= 0.3 is 0 Å². The van der Waals surface area contributed by atoms with Gasteiger partial charge in [0, 0.05) is 6.07 Å². The van der Waals surface area contributed by atoms with E-state index in [1.165, 1.54) is 12.1 Å². The number of fused-ring (bicyclic) bond motifs is 1. The van der Waals surface area contributed by atoms with Crippen molar-refractivity contribution in [1.82, 2.24) is 4.72 Å². The second kappa shape index (κ2) is 6.26. The van der Waals surface area contributed by atoms with E-state index in [-0.39, 0.29) is 28.2 Å². The highest BCUT2D eigenvalue weighted by Gasteiger charge is 2.42. The van der Waals surface area contributed by atoms with Gasteiger partial charge in [-0.2, -0.15) is 0 Å². The zero-order valence-corrected chi connectivity index (χ0v) is 15.4. The van der Waals surface area contributed by atoms with Gasteiger partial charge in [0.05, 0.1) is 16.2 Å². The Morgan fingerprint density at radius 2 is 1.88 bits per heavy atom. The van der Waals surface area contributed by atoms with Crippen LogP contribution in [0.25, 0.3) is 0 Å². The summed E-state index contributed by atoms with van der Waals surface area (Å²) in [7, 11) is -3.88. The highest BCUT2D eigenvalue weighted by Crippen LogP contribution is 2.43. The predicted octanol–water partition coefficient (Wildman–Crippen LogP) is 3.03. The maximum Gasteiger partial charge on any atom is 0.262 e. The van der Waals surface area contributed by atoms with Crippen molar-refractivity contribution in [2.75, 3.05) is 11.9 Å². The molecule has 1 heterocycles. The highest BCUT2D eigenvalue weighted by atomic mass is 35.5. The molecule has 136 valence electrons. The topological polar surface area (TPSA) is 84.5 Å². The minimum Gasteiger partial charge on any atom is -0.482 e. The first-order chi connectivity index (χ1) is 12.4. The van der Waals surface area contributed by atoms with Gasteiger partial charge in [-0.05, 0) is 30.9 Å². The number of carbonyl (C=O) groups excluding carboxylic acids is 1. The number of rotatable bonds is 4. The molecule has 0 unspecified atom stereocenters. The van der Waals surface area contributed by atoms with Crippen molar-refractivity contribution in [3.63, 3.8) is 0 Å². The Hall–Kier alpha value is -2.09. The van der Waals surface area contributed by atoms with Gasteiger partial charge < -0.3 is 10.1 Å². The zero-order chi connectivity index (χ0) is 18.4. The number of sulfonamides is 1. The van der Waals surface area contributed by atoms with E-state index in [1.54, 1.807) is 0 Å². The van der Waals surface area contributed by atoms with Crippen LogP contribution in [0.4, 0.5) is 5.69 Å². The highest BCUT2D eigenvalue weighted by molar-refractivity contribution is 7.89. The van der Waals surface area contributed by atoms with E-state index < -0.39 is 15.6 Å². The molecule has 8 heteroatoms. The molecular formula is C18H17ClN2O4S. The van der Waals surface area contributed by atoms with E-state index in [9.17, 15) is 13.2 Å². The van der Waals surface area contributed by atoms with Crippen molar-refractivity contribution in [2.45, 2.75) is 29.7 Å². The third kappa shape index (κ3) is 2.96. The van der Waals surface area contributed by atoms with Gasteiger partial charge in [-0.1, -0.05) is 41.9 Å². The molecule has 2 aromatic rings. The number of benzene rings is 2. The summed E-state index contributed by atoms with van der Waals surface area (Å²) in [6.07, 6.45) is 2.40. The summed E-state index contributed by atoms with van der Waals surface area (Å²) < 4.78 is 34.3. The van der Waals surface area contributed by atoms with Gasteiger partial charge in [-0.25, -0.2) is 13.1 Å². The minimum atomic E-state index is -3.88. The van der Waals surface area contributed by atoms with Crippen LogP contribution in [-0.2, 0) is 20.4 Å². The SMILES string of the molecule is O=C1COc2cc(S(=O)(=O)NC3(c4ccccc4)CCC3)c(Cl)cc2N1. The molecule has 0 atom stereocenters. The molecule has 0 saturated heterocycles. The van der Waals surface area contributed by atoms with E-state index in [0.717, 1.165) is 24.8 Å². The zero-order valence-electron chi connectivity index (χ0n) is 13.8. The summed E-state index contributed by atoms with van der Waals surface area (Å²) in [6, 6.07) is 12.3. The fourth-order valence-corrected chi connectivity index (χ4v) is 5.33. The fourth-order valence-electron chi connectivity index (χ4n) is 3.34. The number of ether oxygens (including phenoxy) is 1. The van der Waals surface area contributed by atoms with Crippen LogP contribution in [0.1, 0.15) is 24.8 Å². The molecule has 0 bridgehead atoms. The van der Waals surface area contributed by atoms with Crippen molar-refractivity contribution in [3.8, 4) is 5.75 Å². The summed E-state index contributed by atoms with van der Waals surface area (Å²) in [6.45, 7) is -0.157. The Morgan fingerprint density at radius 1 is 1.15 bits per heavy atom. The van der Waals surface area contributed by atoms with Gasteiger partial charge in [0.1, 0.15) is 10.6 Å². The lowest BCUT2D eigenvalue weighted by molar-refractivity contribution is -0.118. The summed E-state index contributed by atoms with van der Waals surface area (Å²) in [5.74, 6) is -0.0171. The number of anilines is 1. The molecule has 1 amide bonds. The van der Waals surface area contributed by atoms with Crippen molar-refractivity contribution in [1.29, 1.82) is 0 Å². The summed E-state index contributed by atoms with van der Waals surface area (Å²) in [4.78, 5) is 11.3. The fraction of sp³-hybridized carbons (Fsp3) is 0.278. The molecule has 26 heavy (non-hydrogen) atoms. The number of carbonyl (C=O) groups is 1. The molecule has 4 rings (SSSR count). The van der Waals surface area contributed by atoms with Gasteiger partial charge in [-0.15, -0.1) is 0 Å². The summed E-state index contributed by atoms with van der Waals surface area (Å²) >= 11 is 6.20. The maximum absolute atomic E-state index is 13.0. The Bertz CT molecular complexity index is 972. The van der Waals surface area contributed by atoms with E-state index in [0.29, 0.717) is 5.69 Å². The molecular weight excluding hydrogens is 376 g/mol. The summed E-state index contributed by atoms with van der Waals surface area (Å²) in [5, 5.41) is 2.64. The molecule has 2 N–H and O–H groups in total. The van der Waals surface area contributed by atoms with Gasteiger partial charge in [0.15, 0.2) is 6.61 Å². The lowest BCUT2D eigenvalue weighted by Crippen LogP contribution is -2.50. The number of halogens is 1. The maximum atomic E-state index is 13.0. The molecule has 0 aromatic heterocycles. The first-order valence-electron chi connectivity index (χ1n) is 8.25. The molecule has 1 fully saturated rings. The second-order valence-corrected chi connectivity index (χ2v) is 8.58. The van der Waals surface area contributed by atoms with Crippen LogP contribution < -0.4 is 14.8 Å². The van der Waals surface area contributed by atoms with Gasteiger partial charge in [0.25, 0.3) is 5.91 Å². The van der Waals surface area contributed by atoms with E-state index in [4.69, 9.17) is 16.3 Å². The first kappa shape index (κ1) is 17.3. The standard InChI is InChI=1S/C18H17ClN2O4S/c19-13-9-14-15(25-11-17(22)20-14)10-16(13)26(23,24)21-18(7-4-8-18)12-5-2-1-3-6-12/h1-3,5-6,9-10,21H,4,7-8,11H2,(H,20,22). The molecule has 1 aliphatic carbocycles. The molecule has 0 radical (unpaired) electrons. The monoisotopic (exact) mass is 392 g/mol. The third-order valence-electron chi connectivity index (χ3n) is 4.82. The Kier molecular flexibility index (Phi) is 4.17. The van der Waals surface area contributed by atoms with Crippen molar-refractivity contribution >= 4 is 33.2 Å². The molecule has 0 spiro atoms. The molecule has 6 nitrogen and oxygen atoms in total. The number of nitrogens with one attached hydrogen (secondary N) is 2. The summed E-state index contributed by atoms with van der Waals surface area (Å²) in [5.41, 5.74) is 0.688.